The van der Waals surface area contributed by atoms with Crippen LogP contribution in [0.15, 0.2) is 23.1 Å². The zero-order valence-corrected chi connectivity index (χ0v) is 13.9. The van der Waals surface area contributed by atoms with E-state index in [9.17, 15) is 9.59 Å². The highest BCUT2D eigenvalue weighted by Gasteiger charge is 2.24. The van der Waals surface area contributed by atoms with Gasteiger partial charge in [0, 0.05) is 18.0 Å². The average Bonchev–Trinajstić information content (AvgIpc) is 2.49. The van der Waals surface area contributed by atoms with E-state index in [2.05, 4.69) is 12.2 Å². The fourth-order valence-corrected chi connectivity index (χ4v) is 4.00. The Bertz CT molecular complexity index is 602. The molecule has 0 bridgehead atoms. The minimum absolute atomic E-state index is 0.0332. The normalized spacial score (nSPS) is 24.6. The first-order valence-electron chi connectivity index (χ1n) is 7.91. The number of nitrogens with zero attached hydrogens (tertiary/aromatic N) is 1. The van der Waals surface area contributed by atoms with Crippen LogP contribution in [-0.2, 0) is 16.0 Å². The second-order valence-electron chi connectivity index (χ2n) is 6.34. The molecule has 1 N–H and O–H groups in total. The zero-order valence-electron chi connectivity index (χ0n) is 13.1. The molecule has 0 spiro atoms. The van der Waals surface area contributed by atoms with Gasteiger partial charge >= 0.3 is 0 Å². The van der Waals surface area contributed by atoms with Gasteiger partial charge in [0.05, 0.1) is 17.4 Å². The monoisotopic (exact) mass is 318 g/mol. The van der Waals surface area contributed by atoms with Gasteiger partial charge in [-0.25, -0.2) is 0 Å². The van der Waals surface area contributed by atoms with Crippen molar-refractivity contribution in [3.8, 4) is 0 Å². The van der Waals surface area contributed by atoms with E-state index in [-0.39, 0.29) is 17.1 Å². The fraction of sp³-hybridized carbons (Fsp3) is 0.529. The van der Waals surface area contributed by atoms with Gasteiger partial charge in [0.25, 0.3) is 0 Å². The zero-order chi connectivity index (χ0) is 15.7. The minimum atomic E-state index is -0.0604. The molecule has 0 radical (unpaired) electrons. The highest BCUT2D eigenvalue weighted by Crippen LogP contribution is 2.36. The Morgan fingerprint density at radius 2 is 2.23 bits per heavy atom. The van der Waals surface area contributed by atoms with Gasteiger partial charge in [-0.3, -0.25) is 9.59 Å². The standard InChI is InChI=1S/C17H22N2O2S/c1-11-4-3-7-19(10-11)16(20)9-13-5-6-15-14(8-13)18-17(21)12(2)22-15/h5-6,8,11-12H,3-4,7,9-10H2,1-2H3,(H,18,21). The van der Waals surface area contributed by atoms with Crippen LogP contribution in [0.5, 0.6) is 0 Å². The first-order chi connectivity index (χ1) is 10.5. The van der Waals surface area contributed by atoms with Crippen LogP contribution in [-0.4, -0.2) is 35.1 Å². The van der Waals surface area contributed by atoms with Crippen molar-refractivity contribution in [2.24, 2.45) is 5.92 Å². The van der Waals surface area contributed by atoms with E-state index in [1.54, 1.807) is 11.8 Å². The molecule has 2 unspecified atom stereocenters. The van der Waals surface area contributed by atoms with Crippen LogP contribution in [0.25, 0.3) is 0 Å². The Kier molecular flexibility index (Phi) is 4.43. The first-order valence-corrected chi connectivity index (χ1v) is 8.79. The van der Waals surface area contributed by atoms with Crippen molar-refractivity contribution in [3.05, 3.63) is 23.8 Å². The maximum absolute atomic E-state index is 12.4. The number of benzene rings is 1. The molecule has 0 aromatic heterocycles. The molecule has 1 aromatic rings. The lowest BCUT2D eigenvalue weighted by Crippen LogP contribution is -2.39. The van der Waals surface area contributed by atoms with Gasteiger partial charge in [-0.2, -0.15) is 0 Å². The molecule has 1 fully saturated rings. The maximum atomic E-state index is 12.4. The number of carbonyl (C=O) groups excluding carboxylic acids is 2. The molecule has 0 aliphatic carbocycles. The molecule has 3 rings (SSSR count). The molecule has 1 aromatic carbocycles. The van der Waals surface area contributed by atoms with Crippen molar-refractivity contribution in [1.82, 2.24) is 4.90 Å². The van der Waals surface area contributed by atoms with Gasteiger partial charge in [0.1, 0.15) is 0 Å². The molecular formula is C17H22N2O2S. The summed E-state index contributed by atoms with van der Waals surface area (Å²) >= 11 is 1.57. The third-order valence-electron chi connectivity index (χ3n) is 4.34. The molecular weight excluding hydrogens is 296 g/mol. The van der Waals surface area contributed by atoms with E-state index in [4.69, 9.17) is 0 Å². The number of amides is 2. The number of thioether (sulfide) groups is 1. The summed E-state index contributed by atoms with van der Waals surface area (Å²) in [6, 6.07) is 5.95. The summed E-state index contributed by atoms with van der Waals surface area (Å²) < 4.78 is 0. The van der Waals surface area contributed by atoms with Gasteiger partial charge in [-0.1, -0.05) is 13.0 Å². The molecule has 2 heterocycles. The lowest BCUT2D eigenvalue weighted by molar-refractivity contribution is -0.132. The molecule has 0 saturated carbocycles. The van der Waals surface area contributed by atoms with Crippen molar-refractivity contribution in [2.75, 3.05) is 18.4 Å². The number of anilines is 1. The van der Waals surface area contributed by atoms with Crippen LogP contribution in [0, 0.1) is 5.92 Å². The Labute approximate surface area is 135 Å². The summed E-state index contributed by atoms with van der Waals surface area (Å²) in [6.45, 7) is 5.84. The number of nitrogens with one attached hydrogen (secondary N) is 1. The average molecular weight is 318 g/mol. The number of piperidine rings is 1. The van der Waals surface area contributed by atoms with Crippen molar-refractivity contribution >= 4 is 29.3 Å². The summed E-state index contributed by atoms with van der Waals surface area (Å²) in [7, 11) is 0. The number of hydrogen-bond donors (Lipinski definition) is 1. The highest BCUT2D eigenvalue weighted by atomic mass is 32.2. The smallest absolute Gasteiger partial charge is 0.237 e. The van der Waals surface area contributed by atoms with Gasteiger partial charge in [-0.15, -0.1) is 11.8 Å². The van der Waals surface area contributed by atoms with Crippen molar-refractivity contribution in [3.63, 3.8) is 0 Å². The largest absolute Gasteiger partial charge is 0.342 e. The van der Waals surface area contributed by atoms with E-state index in [1.807, 2.05) is 30.0 Å². The Hall–Kier alpha value is -1.49. The van der Waals surface area contributed by atoms with E-state index in [0.717, 1.165) is 35.7 Å². The molecule has 2 aliphatic rings. The second-order valence-corrected chi connectivity index (χ2v) is 7.73. The van der Waals surface area contributed by atoms with Crippen molar-refractivity contribution in [1.29, 1.82) is 0 Å². The first kappa shape index (κ1) is 15.4. The van der Waals surface area contributed by atoms with Gasteiger partial charge in [-0.05, 0) is 43.4 Å². The van der Waals surface area contributed by atoms with Crippen LogP contribution in [0.2, 0.25) is 0 Å². The number of carbonyl (C=O) groups is 2. The molecule has 22 heavy (non-hydrogen) atoms. The lowest BCUT2D eigenvalue weighted by atomic mass is 9.99. The van der Waals surface area contributed by atoms with E-state index >= 15 is 0 Å². The molecule has 5 heteroatoms. The van der Waals surface area contributed by atoms with Crippen molar-refractivity contribution in [2.45, 2.75) is 43.3 Å². The second kappa shape index (κ2) is 6.32. The fourth-order valence-electron chi connectivity index (χ4n) is 3.07. The van der Waals surface area contributed by atoms with Crippen molar-refractivity contribution < 1.29 is 9.59 Å². The molecule has 2 atom stereocenters. The SMILES string of the molecule is CC1CCCN(C(=O)Cc2ccc3c(c2)NC(=O)C(C)S3)C1. The minimum Gasteiger partial charge on any atom is -0.342 e. The number of hydrogen-bond acceptors (Lipinski definition) is 3. The van der Waals surface area contributed by atoms with E-state index in [1.165, 1.54) is 6.42 Å². The molecule has 2 aliphatic heterocycles. The molecule has 2 amide bonds. The number of fused-ring (bicyclic) bond motifs is 1. The van der Waals surface area contributed by atoms with Crippen LogP contribution < -0.4 is 5.32 Å². The summed E-state index contributed by atoms with van der Waals surface area (Å²) in [5.41, 5.74) is 1.81. The van der Waals surface area contributed by atoms with Crippen LogP contribution >= 0.6 is 11.8 Å². The summed E-state index contributed by atoms with van der Waals surface area (Å²) in [5, 5.41) is 2.86. The summed E-state index contributed by atoms with van der Waals surface area (Å²) in [5.74, 6) is 0.818. The van der Waals surface area contributed by atoms with E-state index < -0.39 is 0 Å². The third-order valence-corrected chi connectivity index (χ3v) is 5.52. The predicted molar refractivity (Wildman–Crippen MR) is 89.1 cm³/mol. The van der Waals surface area contributed by atoms with Crippen LogP contribution in [0.3, 0.4) is 0 Å². The summed E-state index contributed by atoms with van der Waals surface area (Å²) in [6.07, 6.45) is 2.72. The highest BCUT2D eigenvalue weighted by molar-refractivity contribution is 8.00. The van der Waals surface area contributed by atoms with Crippen LogP contribution in [0.4, 0.5) is 5.69 Å². The summed E-state index contributed by atoms with van der Waals surface area (Å²) in [4.78, 5) is 27.3. The lowest BCUT2D eigenvalue weighted by Gasteiger charge is -2.31. The Balaban J connectivity index is 1.69. The predicted octanol–water partition coefficient (Wildman–Crippen LogP) is 2.92. The van der Waals surface area contributed by atoms with E-state index in [0.29, 0.717) is 12.3 Å². The molecule has 4 nitrogen and oxygen atoms in total. The van der Waals surface area contributed by atoms with Gasteiger partial charge in [0.2, 0.25) is 11.8 Å². The molecule has 118 valence electrons. The third kappa shape index (κ3) is 3.29. The van der Waals surface area contributed by atoms with Gasteiger partial charge in [0.15, 0.2) is 0 Å². The Morgan fingerprint density at radius 3 is 3.00 bits per heavy atom. The number of rotatable bonds is 2. The quantitative estimate of drug-likeness (QED) is 0.912. The maximum Gasteiger partial charge on any atom is 0.237 e. The number of likely N-dealkylation sites (tertiary alicyclic amines) is 1. The molecule has 1 saturated heterocycles. The van der Waals surface area contributed by atoms with Crippen LogP contribution in [0.1, 0.15) is 32.3 Å². The topological polar surface area (TPSA) is 49.4 Å². The Morgan fingerprint density at radius 1 is 1.41 bits per heavy atom. The van der Waals surface area contributed by atoms with Gasteiger partial charge < -0.3 is 10.2 Å².